The Morgan fingerprint density at radius 1 is 0.200 bits per heavy atom. The molecular formula is C64H56O16. The van der Waals surface area contributed by atoms with Crippen LogP contribution < -0.4 is 0 Å². The average Bonchev–Trinajstić information content (AvgIpc) is 3.35. The summed E-state index contributed by atoms with van der Waals surface area (Å²) in [6.07, 6.45) is 0. The Morgan fingerprint density at radius 3 is 0.412 bits per heavy atom. The first-order chi connectivity index (χ1) is 38.7. The van der Waals surface area contributed by atoms with Crippen LogP contribution in [-0.2, 0) is 37.9 Å². The van der Waals surface area contributed by atoms with Crippen LogP contribution in [0.2, 0.25) is 0 Å². The largest absolute Gasteiger partial charge is 0.462 e. The molecule has 16 heteroatoms. The molecule has 0 aliphatic rings. The molecule has 0 N–H and O–H groups in total. The van der Waals surface area contributed by atoms with Gasteiger partial charge in [0.25, 0.3) is 0 Å². The first-order valence-corrected chi connectivity index (χ1v) is 26.5. The second-order valence-corrected chi connectivity index (χ2v) is 18.0. The molecule has 0 aliphatic carbocycles. The average molecular weight is 1080 g/mol. The Bertz CT molecular complexity index is 3390. The fourth-order valence-electron chi connectivity index (χ4n) is 10.8. The van der Waals surface area contributed by atoms with Crippen molar-refractivity contribution in [3.05, 3.63) is 142 Å². The Hall–Kier alpha value is -9.44. The lowest BCUT2D eigenvalue weighted by Gasteiger charge is -2.20. The summed E-state index contributed by atoms with van der Waals surface area (Å²) in [5.41, 5.74) is 1.97. The molecule has 10 aromatic rings. The zero-order valence-electron chi connectivity index (χ0n) is 45.4. The molecule has 10 rings (SSSR count). The molecule has 0 spiro atoms. The van der Waals surface area contributed by atoms with Gasteiger partial charge in [-0.05, 0) is 169 Å². The standard InChI is InChI=1S/2C32H28O8/c2*1-5-37-29(33)21-13-9-17-19-11-15-23(31(35)39-7-3)28-24(32(36)40-8-4)16-12-20(26(19)28)18-10-14-22(27(21)25(17)18)30(34)38-6-2/h2*9-16H,5-8H2,1-4H3. The van der Waals surface area contributed by atoms with E-state index in [9.17, 15) is 38.4 Å². The lowest BCUT2D eigenvalue weighted by atomic mass is 9.84. The van der Waals surface area contributed by atoms with E-state index in [4.69, 9.17) is 37.9 Å². The number of carbonyl (C=O) groups is 8. The van der Waals surface area contributed by atoms with Gasteiger partial charge in [0.05, 0.1) is 97.4 Å². The van der Waals surface area contributed by atoms with Crippen molar-refractivity contribution < 1.29 is 76.3 Å². The SMILES string of the molecule is CCOC(=O)c1ccc2c3ccc(C(=O)OCC)c4c(C(=O)OCC)ccc(c5ccc(C(=O)OCC)c1c25)c43.CCOC(=O)c1ccc2c3ccc(C(=O)OCC)c4c(C(=O)OCC)ccc(c5ccc(C(=O)OCC)c1c25)c43. The maximum absolute atomic E-state index is 13.0. The Balaban J connectivity index is 0.000000194. The number of rotatable bonds is 16. The lowest BCUT2D eigenvalue weighted by molar-refractivity contribution is 0.0511. The van der Waals surface area contributed by atoms with E-state index in [1.165, 1.54) is 0 Å². The number of carbonyl (C=O) groups excluding carboxylic acids is 8. The van der Waals surface area contributed by atoms with Crippen LogP contribution in [0, 0.1) is 0 Å². The minimum absolute atomic E-state index is 0.173. The molecule has 0 atom stereocenters. The Morgan fingerprint density at radius 2 is 0.312 bits per heavy atom. The fourth-order valence-corrected chi connectivity index (χ4v) is 10.8. The van der Waals surface area contributed by atoms with E-state index < -0.39 is 47.8 Å². The molecule has 0 amide bonds. The summed E-state index contributed by atoms with van der Waals surface area (Å²) in [5.74, 6) is -4.42. The van der Waals surface area contributed by atoms with E-state index in [-0.39, 0.29) is 97.4 Å². The summed E-state index contributed by atoms with van der Waals surface area (Å²) < 4.78 is 42.6. The van der Waals surface area contributed by atoms with E-state index >= 15 is 0 Å². The quantitative estimate of drug-likeness (QED) is 0.0381. The highest BCUT2D eigenvalue weighted by Crippen LogP contribution is 2.46. The smallest absolute Gasteiger partial charge is 0.338 e. The number of hydrogen-bond donors (Lipinski definition) is 0. The second-order valence-electron chi connectivity index (χ2n) is 18.0. The van der Waals surface area contributed by atoms with Gasteiger partial charge >= 0.3 is 47.8 Å². The number of fused-ring (bicyclic) bond motifs is 4. The van der Waals surface area contributed by atoms with Crippen LogP contribution in [0.15, 0.2) is 97.1 Å². The molecule has 0 saturated heterocycles. The normalized spacial score (nSPS) is 11.3. The molecule has 0 radical (unpaired) electrons. The summed E-state index contributed by atoms with van der Waals surface area (Å²) in [4.78, 5) is 104. The zero-order chi connectivity index (χ0) is 57.1. The molecule has 0 heterocycles. The van der Waals surface area contributed by atoms with Gasteiger partial charge in [0.15, 0.2) is 0 Å². The number of benzene rings is 10. The van der Waals surface area contributed by atoms with Crippen molar-refractivity contribution in [2.75, 3.05) is 52.9 Å². The molecule has 0 saturated carbocycles. The van der Waals surface area contributed by atoms with Gasteiger partial charge in [0.2, 0.25) is 0 Å². The summed E-state index contributed by atoms with van der Waals surface area (Å²) in [7, 11) is 0. The molecule has 0 unspecified atom stereocenters. The molecule has 80 heavy (non-hydrogen) atoms. The third-order valence-electron chi connectivity index (χ3n) is 13.8. The first-order valence-electron chi connectivity index (χ1n) is 26.5. The Kier molecular flexibility index (Phi) is 16.1. The van der Waals surface area contributed by atoms with Gasteiger partial charge in [-0.3, -0.25) is 0 Å². The third-order valence-corrected chi connectivity index (χ3v) is 13.8. The van der Waals surface area contributed by atoms with E-state index in [1.807, 2.05) is 0 Å². The van der Waals surface area contributed by atoms with Crippen molar-refractivity contribution >= 4 is 134 Å². The highest BCUT2D eigenvalue weighted by atomic mass is 16.6. The topological polar surface area (TPSA) is 210 Å². The van der Waals surface area contributed by atoms with Crippen molar-refractivity contribution in [2.45, 2.75) is 55.4 Å². The van der Waals surface area contributed by atoms with Crippen LogP contribution in [-0.4, -0.2) is 101 Å². The number of esters is 8. The van der Waals surface area contributed by atoms with Crippen molar-refractivity contribution in [3.63, 3.8) is 0 Å². The first kappa shape index (κ1) is 55.3. The predicted molar refractivity (Wildman–Crippen MR) is 303 cm³/mol. The van der Waals surface area contributed by atoms with Crippen molar-refractivity contribution in [3.8, 4) is 0 Å². The van der Waals surface area contributed by atoms with Gasteiger partial charge in [-0.25, -0.2) is 38.4 Å². The third kappa shape index (κ3) is 9.39. The van der Waals surface area contributed by atoms with Crippen LogP contribution in [0.3, 0.4) is 0 Å². The van der Waals surface area contributed by atoms with E-state index in [2.05, 4.69) is 0 Å². The summed E-state index contributed by atoms with van der Waals surface area (Å²) in [5, 5.41) is 10.3. The van der Waals surface area contributed by atoms with Crippen LogP contribution in [0.4, 0.5) is 0 Å². The van der Waals surface area contributed by atoms with Crippen molar-refractivity contribution in [1.82, 2.24) is 0 Å². The van der Waals surface area contributed by atoms with Crippen LogP contribution >= 0.6 is 0 Å². The predicted octanol–water partition coefficient (Wildman–Crippen LogP) is 12.9. The summed E-state index contributed by atoms with van der Waals surface area (Å²) >= 11 is 0. The van der Waals surface area contributed by atoms with Gasteiger partial charge < -0.3 is 37.9 Å². The minimum atomic E-state index is -0.553. The summed E-state index contributed by atoms with van der Waals surface area (Å²) in [6, 6.07) is 27.4. The molecule has 0 aliphatic heterocycles. The van der Waals surface area contributed by atoms with E-state index in [1.54, 1.807) is 152 Å². The molecule has 0 fully saturated rings. The highest BCUT2D eigenvalue weighted by molar-refractivity contribution is 6.40. The molecule has 10 aromatic carbocycles. The van der Waals surface area contributed by atoms with Gasteiger partial charge in [0, 0.05) is 21.5 Å². The monoisotopic (exact) mass is 1080 g/mol. The van der Waals surface area contributed by atoms with Gasteiger partial charge in [-0.15, -0.1) is 0 Å². The molecule has 0 bridgehead atoms. The van der Waals surface area contributed by atoms with Crippen molar-refractivity contribution in [2.24, 2.45) is 0 Å². The maximum Gasteiger partial charge on any atom is 0.338 e. The Labute approximate surface area is 458 Å². The molecule has 0 aromatic heterocycles. The zero-order valence-corrected chi connectivity index (χ0v) is 45.4. The summed E-state index contributed by atoms with van der Waals surface area (Å²) in [6.45, 7) is 15.1. The minimum Gasteiger partial charge on any atom is -0.462 e. The fraction of sp³-hybridized carbons (Fsp3) is 0.250. The van der Waals surface area contributed by atoms with Crippen molar-refractivity contribution in [1.29, 1.82) is 0 Å². The molecule has 16 nitrogen and oxygen atoms in total. The number of hydrogen-bond acceptors (Lipinski definition) is 16. The van der Waals surface area contributed by atoms with Gasteiger partial charge in [0.1, 0.15) is 0 Å². The molecule has 408 valence electrons. The van der Waals surface area contributed by atoms with Gasteiger partial charge in [-0.2, -0.15) is 0 Å². The van der Waals surface area contributed by atoms with Gasteiger partial charge in [-0.1, -0.05) is 48.5 Å². The van der Waals surface area contributed by atoms with Crippen LogP contribution in [0.5, 0.6) is 0 Å². The van der Waals surface area contributed by atoms with Crippen LogP contribution in [0.25, 0.3) is 86.2 Å². The van der Waals surface area contributed by atoms with Crippen LogP contribution in [0.1, 0.15) is 138 Å². The van der Waals surface area contributed by atoms with E-state index in [0.717, 1.165) is 43.1 Å². The van der Waals surface area contributed by atoms with E-state index in [0.29, 0.717) is 43.1 Å². The number of ether oxygens (including phenoxy) is 8. The highest BCUT2D eigenvalue weighted by Gasteiger charge is 2.30. The lowest BCUT2D eigenvalue weighted by Crippen LogP contribution is -2.12. The molecular weight excluding hydrogens is 1020 g/mol. The maximum atomic E-state index is 13.0. The second kappa shape index (κ2) is 23.3.